The summed E-state index contributed by atoms with van der Waals surface area (Å²) in [7, 11) is 0. The molecule has 0 fully saturated rings. The van der Waals surface area contributed by atoms with E-state index in [-0.39, 0.29) is 5.91 Å². The lowest BCUT2D eigenvalue weighted by molar-refractivity contribution is -0.117. The number of rotatable bonds is 3. The second kappa shape index (κ2) is 5.17. The van der Waals surface area contributed by atoms with E-state index in [4.69, 9.17) is 11.6 Å². The molecule has 0 aliphatic carbocycles. The number of carbonyl (C=O) groups excluding carboxylic acids is 1. The van der Waals surface area contributed by atoms with Crippen LogP contribution in [-0.4, -0.2) is 18.3 Å². The Morgan fingerprint density at radius 3 is 2.94 bits per heavy atom. The average molecular weight is 236 g/mol. The van der Waals surface area contributed by atoms with Crippen LogP contribution < -0.4 is 4.90 Å². The summed E-state index contributed by atoms with van der Waals surface area (Å²) in [6, 6.07) is 7.95. The molecule has 0 spiro atoms. The number of amides is 1. The predicted octanol–water partition coefficient (Wildman–Crippen LogP) is 3.07. The van der Waals surface area contributed by atoms with E-state index in [0.717, 1.165) is 17.7 Å². The number of fused-ring (bicyclic) bond motifs is 1. The fraction of sp³-hybridized carbons (Fsp3) is 0.308. The molecule has 0 N–H and O–H groups in total. The second-order valence-corrected chi connectivity index (χ2v) is 4.13. The molecular formula is C13H14ClNO. The quantitative estimate of drug-likeness (QED) is 0.738. The second-order valence-electron chi connectivity index (χ2n) is 3.75. The summed E-state index contributed by atoms with van der Waals surface area (Å²) < 4.78 is 0. The zero-order chi connectivity index (χ0) is 11.4. The van der Waals surface area contributed by atoms with Crippen LogP contribution in [0, 0.1) is 0 Å². The molecule has 0 bridgehead atoms. The molecule has 0 saturated heterocycles. The van der Waals surface area contributed by atoms with Crippen LogP contribution in [0.3, 0.4) is 0 Å². The number of halogens is 1. The van der Waals surface area contributed by atoms with Crippen LogP contribution in [0.1, 0.15) is 18.4 Å². The fourth-order valence-corrected chi connectivity index (χ4v) is 1.99. The van der Waals surface area contributed by atoms with Gasteiger partial charge in [0, 0.05) is 18.8 Å². The van der Waals surface area contributed by atoms with Crippen molar-refractivity contribution in [2.24, 2.45) is 0 Å². The van der Waals surface area contributed by atoms with Crippen LogP contribution in [0.5, 0.6) is 0 Å². The van der Waals surface area contributed by atoms with E-state index in [1.165, 1.54) is 0 Å². The van der Waals surface area contributed by atoms with Crippen LogP contribution in [0.4, 0.5) is 5.69 Å². The maximum atomic E-state index is 11.9. The Morgan fingerprint density at radius 2 is 2.12 bits per heavy atom. The molecule has 0 aromatic heterocycles. The average Bonchev–Trinajstić information content (AvgIpc) is 2.46. The molecule has 0 saturated carbocycles. The van der Waals surface area contributed by atoms with Gasteiger partial charge in [-0.25, -0.2) is 0 Å². The first-order valence-electron chi connectivity index (χ1n) is 5.45. The third-order valence-electron chi connectivity index (χ3n) is 2.63. The summed E-state index contributed by atoms with van der Waals surface area (Å²) in [6.45, 7) is 0.695. The minimum atomic E-state index is 0.145. The minimum absolute atomic E-state index is 0.145. The van der Waals surface area contributed by atoms with Gasteiger partial charge >= 0.3 is 0 Å². The monoisotopic (exact) mass is 235 g/mol. The maximum Gasteiger partial charge on any atom is 0.230 e. The number of alkyl halides is 1. The van der Waals surface area contributed by atoms with Crippen molar-refractivity contribution in [3.05, 3.63) is 35.9 Å². The van der Waals surface area contributed by atoms with Crippen molar-refractivity contribution in [1.29, 1.82) is 0 Å². The highest BCUT2D eigenvalue weighted by Crippen LogP contribution is 2.25. The number of hydrogen-bond acceptors (Lipinski definition) is 1. The number of carbonyl (C=O) groups is 1. The zero-order valence-corrected chi connectivity index (χ0v) is 9.78. The normalized spacial score (nSPS) is 14.8. The van der Waals surface area contributed by atoms with Gasteiger partial charge in [0.25, 0.3) is 0 Å². The smallest absolute Gasteiger partial charge is 0.230 e. The summed E-state index contributed by atoms with van der Waals surface area (Å²) in [4.78, 5) is 13.7. The number of nitrogens with zero attached hydrogens (tertiary/aromatic N) is 1. The van der Waals surface area contributed by atoms with Gasteiger partial charge in [0.2, 0.25) is 5.91 Å². The van der Waals surface area contributed by atoms with Crippen molar-refractivity contribution in [2.75, 3.05) is 17.3 Å². The van der Waals surface area contributed by atoms with Crippen LogP contribution in [0.25, 0.3) is 6.08 Å². The first-order valence-corrected chi connectivity index (χ1v) is 5.98. The molecule has 2 nitrogen and oxygen atoms in total. The molecule has 1 aromatic carbocycles. The first-order chi connectivity index (χ1) is 7.83. The van der Waals surface area contributed by atoms with Crippen LogP contribution in [0.2, 0.25) is 0 Å². The Kier molecular flexibility index (Phi) is 3.62. The molecule has 0 atom stereocenters. The van der Waals surface area contributed by atoms with Gasteiger partial charge in [0.05, 0.1) is 5.69 Å². The lowest BCUT2D eigenvalue weighted by Crippen LogP contribution is -2.31. The van der Waals surface area contributed by atoms with E-state index >= 15 is 0 Å². The Labute approximate surface area is 101 Å². The molecule has 1 amide bonds. The van der Waals surface area contributed by atoms with E-state index in [2.05, 4.69) is 0 Å². The number of hydrogen-bond donors (Lipinski definition) is 0. The van der Waals surface area contributed by atoms with Gasteiger partial charge < -0.3 is 4.90 Å². The van der Waals surface area contributed by atoms with Gasteiger partial charge in [-0.2, -0.15) is 0 Å². The van der Waals surface area contributed by atoms with Crippen LogP contribution in [-0.2, 0) is 4.79 Å². The molecule has 0 unspecified atom stereocenters. The highest BCUT2D eigenvalue weighted by atomic mass is 35.5. The molecule has 16 heavy (non-hydrogen) atoms. The van der Waals surface area contributed by atoms with Gasteiger partial charge in [-0.1, -0.05) is 30.4 Å². The summed E-state index contributed by atoms with van der Waals surface area (Å²) in [5.74, 6) is 0.727. The fourth-order valence-electron chi connectivity index (χ4n) is 1.87. The van der Waals surface area contributed by atoms with Gasteiger partial charge in [-0.15, -0.1) is 11.6 Å². The van der Waals surface area contributed by atoms with Gasteiger partial charge in [-0.3, -0.25) is 4.79 Å². The Hall–Kier alpha value is -1.28. The van der Waals surface area contributed by atoms with Crippen molar-refractivity contribution in [2.45, 2.75) is 12.8 Å². The Morgan fingerprint density at radius 1 is 1.31 bits per heavy atom. The van der Waals surface area contributed by atoms with Gasteiger partial charge in [0.1, 0.15) is 0 Å². The van der Waals surface area contributed by atoms with E-state index in [1.54, 1.807) is 0 Å². The molecule has 1 aromatic rings. The summed E-state index contributed by atoms with van der Waals surface area (Å²) in [6.07, 6.45) is 5.22. The van der Waals surface area contributed by atoms with Crippen molar-refractivity contribution >= 4 is 29.3 Å². The topological polar surface area (TPSA) is 20.3 Å². The lowest BCUT2D eigenvalue weighted by atomic mass is 10.1. The van der Waals surface area contributed by atoms with Crippen molar-refractivity contribution in [3.63, 3.8) is 0 Å². The number of benzene rings is 1. The summed E-state index contributed by atoms with van der Waals surface area (Å²) in [5.41, 5.74) is 2.09. The van der Waals surface area contributed by atoms with Crippen molar-refractivity contribution in [1.82, 2.24) is 0 Å². The van der Waals surface area contributed by atoms with Gasteiger partial charge in [-0.05, 0) is 18.1 Å². The van der Waals surface area contributed by atoms with E-state index < -0.39 is 0 Å². The van der Waals surface area contributed by atoms with Crippen molar-refractivity contribution < 1.29 is 4.79 Å². The molecule has 2 rings (SSSR count). The number of anilines is 1. The lowest BCUT2D eigenvalue weighted by Gasteiger charge is -2.22. The standard InChI is InChI=1S/C13H14ClNO/c14-9-4-10-15-12-7-2-1-5-11(12)6-3-8-13(15)16/h1-3,5-7H,4,8-10H2. The Bertz CT molecular complexity index is 414. The van der Waals surface area contributed by atoms with E-state index in [0.29, 0.717) is 18.8 Å². The highest BCUT2D eigenvalue weighted by Gasteiger charge is 2.18. The van der Waals surface area contributed by atoms with E-state index in [9.17, 15) is 4.79 Å². The minimum Gasteiger partial charge on any atom is -0.312 e. The molecular weight excluding hydrogens is 222 g/mol. The third kappa shape index (κ3) is 2.27. The van der Waals surface area contributed by atoms with Crippen molar-refractivity contribution in [3.8, 4) is 0 Å². The predicted molar refractivity (Wildman–Crippen MR) is 67.8 cm³/mol. The molecule has 1 aliphatic heterocycles. The van der Waals surface area contributed by atoms with E-state index in [1.807, 2.05) is 41.3 Å². The molecule has 3 heteroatoms. The molecule has 1 heterocycles. The number of para-hydroxylation sites is 1. The first kappa shape index (κ1) is 11.2. The highest BCUT2D eigenvalue weighted by molar-refractivity contribution is 6.17. The SMILES string of the molecule is O=C1CC=Cc2ccccc2N1CCCCl. The van der Waals surface area contributed by atoms with Crippen LogP contribution >= 0.6 is 11.6 Å². The summed E-state index contributed by atoms with van der Waals surface area (Å²) >= 11 is 5.68. The third-order valence-corrected chi connectivity index (χ3v) is 2.90. The largest absolute Gasteiger partial charge is 0.312 e. The molecule has 1 aliphatic rings. The summed E-state index contributed by atoms with van der Waals surface area (Å²) in [5, 5.41) is 0. The molecule has 0 radical (unpaired) electrons. The maximum absolute atomic E-state index is 11.9. The van der Waals surface area contributed by atoms with Crippen LogP contribution in [0.15, 0.2) is 30.3 Å². The van der Waals surface area contributed by atoms with Gasteiger partial charge in [0.15, 0.2) is 0 Å². The Balaban J connectivity index is 2.33. The molecule has 84 valence electrons. The zero-order valence-electron chi connectivity index (χ0n) is 9.03.